The highest BCUT2D eigenvalue weighted by Gasteiger charge is 2.43. The first-order valence-corrected chi connectivity index (χ1v) is 7.52. The molecule has 0 radical (unpaired) electrons. The normalized spacial score (nSPS) is 26.3. The number of ether oxygens (including phenoxy) is 2. The van der Waals surface area contributed by atoms with Crippen molar-refractivity contribution in [3.63, 3.8) is 0 Å². The third-order valence-electron chi connectivity index (χ3n) is 3.00. The zero-order valence-corrected chi connectivity index (χ0v) is 10.5. The summed E-state index contributed by atoms with van der Waals surface area (Å²) in [7, 11) is -2.98. The topological polar surface area (TPSA) is 64.6 Å². The van der Waals surface area contributed by atoms with Gasteiger partial charge in [-0.05, 0) is 18.6 Å². The summed E-state index contributed by atoms with van der Waals surface area (Å²) in [4.78, 5) is 0. The van der Waals surface area contributed by atoms with Gasteiger partial charge in [-0.1, -0.05) is 0 Å². The van der Waals surface area contributed by atoms with Crippen molar-refractivity contribution in [3.05, 3.63) is 18.2 Å². The fraction of sp³-hybridized carbons (Fsp3) is 0.455. The lowest BCUT2D eigenvalue weighted by Crippen LogP contribution is -2.25. The van der Waals surface area contributed by atoms with Gasteiger partial charge in [-0.25, -0.2) is 8.42 Å². The predicted octanol–water partition coefficient (Wildman–Crippen LogP) is 1.61. The van der Waals surface area contributed by atoms with Crippen LogP contribution in [0.15, 0.2) is 18.2 Å². The highest BCUT2D eigenvalue weighted by atomic mass is 32.2. The minimum Gasteiger partial charge on any atom is -0.395 e. The van der Waals surface area contributed by atoms with Gasteiger partial charge >= 0.3 is 6.29 Å². The molecule has 3 rings (SSSR count). The van der Waals surface area contributed by atoms with Crippen LogP contribution in [0, 0.1) is 0 Å². The van der Waals surface area contributed by atoms with Gasteiger partial charge in [0.1, 0.15) is 0 Å². The lowest BCUT2D eigenvalue weighted by Gasteiger charge is -2.12. The minimum atomic E-state index is -3.64. The summed E-state index contributed by atoms with van der Waals surface area (Å²) < 4.78 is 56.9. The SMILES string of the molecule is O=S1(=O)CCC(Nc2ccc3c(c2)OC(F)(F)O3)C1. The molecule has 0 aromatic heterocycles. The fourth-order valence-electron chi connectivity index (χ4n) is 2.18. The maximum Gasteiger partial charge on any atom is 0.586 e. The number of anilines is 1. The van der Waals surface area contributed by atoms with Gasteiger partial charge in [-0.3, -0.25) is 0 Å². The molecule has 1 aromatic rings. The maximum absolute atomic E-state index is 12.8. The van der Waals surface area contributed by atoms with Crippen LogP contribution in [0.4, 0.5) is 14.5 Å². The Bertz CT molecular complexity index is 617. The van der Waals surface area contributed by atoms with Crippen LogP contribution in [0.2, 0.25) is 0 Å². The number of halogens is 2. The Morgan fingerprint density at radius 2 is 2.00 bits per heavy atom. The van der Waals surface area contributed by atoms with Crippen LogP contribution in [-0.4, -0.2) is 32.3 Å². The third-order valence-corrected chi connectivity index (χ3v) is 4.77. The van der Waals surface area contributed by atoms with Gasteiger partial charge in [-0.2, -0.15) is 0 Å². The number of rotatable bonds is 2. The number of alkyl halides is 2. The molecule has 1 fully saturated rings. The molecule has 1 unspecified atom stereocenters. The van der Waals surface area contributed by atoms with E-state index in [0.717, 1.165) is 0 Å². The van der Waals surface area contributed by atoms with E-state index in [-0.39, 0.29) is 29.0 Å². The average molecular weight is 291 g/mol. The Kier molecular flexibility index (Phi) is 2.60. The van der Waals surface area contributed by atoms with Crippen LogP contribution < -0.4 is 14.8 Å². The number of sulfone groups is 1. The van der Waals surface area contributed by atoms with Crippen molar-refractivity contribution in [3.8, 4) is 11.5 Å². The van der Waals surface area contributed by atoms with Crippen molar-refractivity contribution in [2.75, 3.05) is 16.8 Å². The first kappa shape index (κ1) is 12.5. The van der Waals surface area contributed by atoms with E-state index < -0.39 is 16.1 Å². The van der Waals surface area contributed by atoms with Crippen molar-refractivity contribution in [1.82, 2.24) is 0 Å². The summed E-state index contributed by atoms with van der Waals surface area (Å²) in [5, 5.41) is 2.99. The summed E-state index contributed by atoms with van der Waals surface area (Å²) in [5.74, 6) is 0.107. The first-order valence-electron chi connectivity index (χ1n) is 5.70. The van der Waals surface area contributed by atoms with Crippen molar-refractivity contribution in [2.45, 2.75) is 18.8 Å². The van der Waals surface area contributed by atoms with Gasteiger partial charge in [0.2, 0.25) is 0 Å². The Hall–Kier alpha value is -1.57. The molecule has 2 aliphatic heterocycles. The molecular weight excluding hydrogens is 280 g/mol. The average Bonchev–Trinajstić information content (AvgIpc) is 2.76. The molecule has 2 heterocycles. The number of hydrogen-bond acceptors (Lipinski definition) is 5. The molecule has 5 nitrogen and oxygen atoms in total. The van der Waals surface area contributed by atoms with E-state index in [2.05, 4.69) is 14.8 Å². The van der Waals surface area contributed by atoms with Gasteiger partial charge < -0.3 is 14.8 Å². The standard InChI is InChI=1S/C11H11F2NO4S/c12-11(13)17-9-2-1-7(5-10(9)18-11)14-8-3-4-19(15,16)6-8/h1-2,5,8,14H,3-4,6H2. The molecule has 0 saturated carbocycles. The molecule has 0 aliphatic carbocycles. The second-order valence-electron chi connectivity index (χ2n) is 4.57. The van der Waals surface area contributed by atoms with Gasteiger partial charge in [-0.15, -0.1) is 8.78 Å². The second kappa shape index (κ2) is 3.96. The zero-order chi connectivity index (χ0) is 13.7. The third kappa shape index (κ3) is 2.58. The van der Waals surface area contributed by atoms with Gasteiger partial charge in [0.15, 0.2) is 21.3 Å². The Morgan fingerprint density at radius 3 is 2.68 bits per heavy atom. The van der Waals surface area contributed by atoms with E-state index in [1.54, 1.807) is 6.07 Å². The molecule has 2 aliphatic rings. The highest BCUT2D eigenvalue weighted by Crippen LogP contribution is 2.42. The molecule has 0 bridgehead atoms. The van der Waals surface area contributed by atoms with Crippen LogP contribution in [-0.2, 0) is 9.84 Å². The van der Waals surface area contributed by atoms with Crippen LogP contribution in [0.5, 0.6) is 11.5 Å². The molecule has 1 saturated heterocycles. The monoisotopic (exact) mass is 291 g/mol. The van der Waals surface area contributed by atoms with Gasteiger partial charge in [0, 0.05) is 17.8 Å². The summed E-state index contributed by atoms with van der Waals surface area (Å²) in [6, 6.07) is 4.09. The number of fused-ring (bicyclic) bond motifs is 1. The molecular formula is C11H11F2NO4S. The molecule has 0 amide bonds. The van der Waals surface area contributed by atoms with Crippen LogP contribution >= 0.6 is 0 Å². The lowest BCUT2D eigenvalue weighted by molar-refractivity contribution is -0.286. The van der Waals surface area contributed by atoms with Crippen LogP contribution in [0.1, 0.15) is 6.42 Å². The van der Waals surface area contributed by atoms with Crippen molar-refractivity contribution in [1.29, 1.82) is 0 Å². The first-order chi connectivity index (χ1) is 8.83. The zero-order valence-electron chi connectivity index (χ0n) is 9.73. The van der Waals surface area contributed by atoms with E-state index in [4.69, 9.17) is 0 Å². The largest absolute Gasteiger partial charge is 0.586 e. The van der Waals surface area contributed by atoms with E-state index >= 15 is 0 Å². The molecule has 104 valence electrons. The maximum atomic E-state index is 12.8. The Balaban J connectivity index is 1.75. The van der Waals surface area contributed by atoms with E-state index in [9.17, 15) is 17.2 Å². The molecule has 8 heteroatoms. The fourth-order valence-corrected chi connectivity index (χ4v) is 3.86. The molecule has 1 aromatic carbocycles. The minimum absolute atomic E-state index is 0.0328. The van der Waals surface area contributed by atoms with Crippen LogP contribution in [0.25, 0.3) is 0 Å². The smallest absolute Gasteiger partial charge is 0.395 e. The lowest BCUT2D eigenvalue weighted by atomic mass is 10.2. The summed E-state index contributed by atoms with van der Waals surface area (Å²) in [6.07, 6.45) is -3.13. The Morgan fingerprint density at radius 1 is 1.26 bits per heavy atom. The predicted molar refractivity (Wildman–Crippen MR) is 63.3 cm³/mol. The number of hydrogen-bond donors (Lipinski definition) is 1. The van der Waals surface area contributed by atoms with E-state index in [1.165, 1.54) is 12.1 Å². The number of benzene rings is 1. The van der Waals surface area contributed by atoms with Crippen LogP contribution in [0.3, 0.4) is 0 Å². The molecule has 0 spiro atoms. The summed E-state index contributed by atoms with van der Waals surface area (Å²) >= 11 is 0. The van der Waals surface area contributed by atoms with Gasteiger partial charge in [0.25, 0.3) is 0 Å². The van der Waals surface area contributed by atoms with E-state index in [0.29, 0.717) is 12.1 Å². The quantitative estimate of drug-likeness (QED) is 0.896. The second-order valence-corrected chi connectivity index (χ2v) is 6.80. The molecule has 19 heavy (non-hydrogen) atoms. The van der Waals surface area contributed by atoms with Crippen molar-refractivity contribution >= 4 is 15.5 Å². The number of nitrogens with one attached hydrogen (secondary N) is 1. The van der Waals surface area contributed by atoms with Crippen molar-refractivity contribution < 1.29 is 26.7 Å². The Labute approximate surface area is 108 Å². The van der Waals surface area contributed by atoms with E-state index in [1.807, 2.05) is 0 Å². The van der Waals surface area contributed by atoms with Gasteiger partial charge in [0.05, 0.1) is 11.5 Å². The van der Waals surface area contributed by atoms with Crippen molar-refractivity contribution in [2.24, 2.45) is 0 Å². The summed E-state index contributed by atoms with van der Waals surface area (Å²) in [5.41, 5.74) is 0.530. The molecule has 1 atom stereocenters. The highest BCUT2D eigenvalue weighted by molar-refractivity contribution is 7.91. The molecule has 1 N–H and O–H groups in total. The summed E-state index contributed by atoms with van der Waals surface area (Å²) in [6.45, 7) is 0.